The van der Waals surface area contributed by atoms with Crippen molar-refractivity contribution in [3.05, 3.63) is 54.4 Å². The Morgan fingerprint density at radius 1 is 1.28 bits per heavy atom. The average Bonchev–Trinajstić information content (AvgIpc) is 3.35. The van der Waals surface area contributed by atoms with E-state index >= 15 is 4.39 Å². The lowest BCUT2D eigenvalue weighted by molar-refractivity contribution is 0.107. The first-order valence-corrected chi connectivity index (χ1v) is 10.3. The molecule has 2 aliphatic heterocycles. The molecule has 0 bridgehead atoms. The number of imidazole rings is 1. The molecule has 0 amide bonds. The number of benzene rings is 1. The van der Waals surface area contributed by atoms with Gasteiger partial charge in [0.05, 0.1) is 30.8 Å². The lowest BCUT2D eigenvalue weighted by atomic mass is 9.78. The number of hydrogen-bond donors (Lipinski definition) is 2. The van der Waals surface area contributed by atoms with Crippen molar-refractivity contribution < 1.29 is 9.13 Å². The molecule has 3 atom stereocenters. The Kier molecular flexibility index (Phi) is 4.36. The van der Waals surface area contributed by atoms with Crippen molar-refractivity contribution in [2.24, 2.45) is 16.6 Å². The maximum Gasteiger partial charge on any atom is 0.158 e. The molecular weight excluding hydrogens is 391 g/mol. The van der Waals surface area contributed by atoms with Crippen molar-refractivity contribution in [3.63, 3.8) is 0 Å². The number of nitrogens with one attached hydrogen (secondary N) is 1. The molecule has 2 aliphatic rings. The number of aliphatic imine (C=N–C) groups is 1. The quantitative estimate of drug-likeness (QED) is 0.688. The summed E-state index contributed by atoms with van der Waals surface area (Å²) < 4.78 is 20.9. The number of fused-ring (bicyclic) bond motifs is 1. The summed E-state index contributed by atoms with van der Waals surface area (Å²) in [5.74, 6) is 1.10. The summed E-state index contributed by atoms with van der Waals surface area (Å²) in [5, 5.41) is 0.468. The first-order chi connectivity index (χ1) is 14.1. The molecule has 1 saturated heterocycles. The van der Waals surface area contributed by atoms with Crippen LogP contribution in [-0.4, -0.2) is 43.6 Å². The highest BCUT2D eigenvalue weighted by Gasteiger charge is 2.52. The third-order valence-corrected chi connectivity index (χ3v) is 6.51. The summed E-state index contributed by atoms with van der Waals surface area (Å²) in [6, 6.07) is 5.02. The number of nitrogens with zero attached hydrogens (tertiary/aromatic N) is 4. The van der Waals surface area contributed by atoms with Gasteiger partial charge in [-0.15, -0.1) is 0 Å². The van der Waals surface area contributed by atoms with Crippen molar-refractivity contribution in [2.75, 3.05) is 12.4 Å². The van der Waals surface area contributed by atoms with Crippen LogP contribution < -0.4 is 5.73 Å². The monoisotopic (exact) mass is 410 g/mol. The largest absolute Gasteiger partial charge is 0.379 e. The molecule has 9 heteroatoms. The third kappa shape index (κ3) is 3.01. The Bertz CT molecular complexity index is 1090. The highest BCUT2D eigenvalue weighted by molar-refractivity contribution is 8.13. The molecule has 1 fully saturated rings. The first-order valence-electron chi connectivity index (χ1n) is 9.28. The summed E-state index contributed by atoms with van der Waals surface area (Å²) in [5.41, 5.74) is 7.94. The van der Waals surface area contributed by atoms with Crippen molar-refractivity contribution in [1.82, 2.24) is 19.9 Å². The van der Waals surface area contributed by atoms with E-state index in [1.807, 2.05) is 13.0 Å². The summed E-state index contributed by atoms with van der Waals surface area (Å²) in [7, 11) is 0. The zero-order valence-electron chi connectivity index (χ0n) is 15.7. The van der Waals surface area contributed by atoms with Gasteiger partial charge in [0.1, 0.15) is 17.1 Å². The van der Waals surface area contributed by atoms with E-state index in [1.165, 1.54) is 17.8 Å². The molecule has 148 valence electrons. The predicted octanol–water partition coefficient (Wildman–Crippen LogP) is 2.96. The third-order valence-electron chi connectivity index (χ3n) is 5.59. The smallest absolute Gasteiger partial charge is 0.158 e. The van der Waals surface area contributed by atoms with Crippen LogP contribution in [-0.2, 0) is 10.3 Å². The molecule has 1 aromatic carbocycles. The van der Waals surface area contributed by atoms with E-state index in [0.717, 1.165) is 17.0 Å². The number of rotatable bonds is 3. The minimum atomic E-state index is -0.803. The molecular formula is C20H19FN6OS. The Balaban J connectivity index is 1.58. The second-order valence-corrected chi connectivity index (χ2v) is 8.28. The lowest BCUT2D eigenvalue weighted by Crippen LogP contribution is -2.41. The lowest BCUT2D eigenvalue weighted by Gasteiger charge is -2.35. The van der Waals surface area contributed by atoms with Crippen LogP contribution in [0.5, 0.6) is 0 Å². The van der Waals surface area contributed by atoms with Gasteiger partial charge in [-0.3, -0.25) is 4.98 Å². The van der Waals surface area contributed by atoms with Gasteiger partial charge < -0.3 is 15.5 Å². The van der Waals surface area contributed by atoms with Crippen molar-refractivity contribution in [3.8, 4) is 22.8 Å². The number of amidine groups is 1. The number of aromatic nitrogens is 4. The Morgan fingerprint density at radius 2 is 2.17 bits per heavy atom. The minimum Gasteiger partial charge on any atom is -0.379 e. The second kappa shape index (κ2) is 6.93. The zero-order chi connectivity index (χ0) is 20.0. The molecule has 0 aliphatic carbocycles. The van der Waals surface area contributed by atoms with E-state index in [9.17, 15) is 0 Å². The number of hydrogen-bond acceptors (Lipinski definition) is 7. The molecule has 7 nitrogen and oxygen atoms in total. The van der Waals surface area contributed by atoms with E-state index in [2.05, 4.69) is 19.9 Å². The van der Waals surface area contributed by atoms with E-state index in [4.69, 9.17) is 15.5 Å². The van der Waals surface area contributed by atoms with E-state index in [0.29, 0.717) is 28.9 Å². The van der Waals surface area contributed by atoms with Gasteiger partial charge in [0.2, 0.25) is 0 Å². The number of ether oxygens (including phenoxy) is 1. The van der Waals surface area contributed by atoms with Gasteiger partial charge in [-0.05, 0) is 25.1 Å². The number of thioether (sulfide) groups is 1. The highest BCUT2D eigenvalue weighted by Crippen LogP contribution is 2.48. The SMILES string of the molecule is C[C@H]1OC[C@]2(c3cc(-c4cnc(-c5cnccn5)[nH]4)ccc3F)N=C(N)SC[C@H]12. The van der Waals surface area contributed by atoms with Crippen LogP contribution in [0.1, 0.15) is 12.5 Å². The molecule has 0 spiro atoms. The molecule has 3 aromatic rings. The zero-order valence-corrected chi connectivity index (χ0v) is 16.5. The van der Waals surface area contributed by atoms with Crippen LogP contribution in [0.2, 0.25) is 0 Å². The fraction of sp³-hybridized carbons (Fsp3) is 0.300. The molecule has 0 saturated carbocycles. The van der Waals surface area contributed by atoms with E-state index < -0.39 is 5.54 Å². The van der Waals surface area contributed by atoms with Crippen LogP contribution in [0.3, 0.4) is 0 Å². The molecule has 4 heterocycles. The maximum atomic E-state index is 15.0. The fourth-order valence-corrected chi connectivity index (χ4v) is 5.17. The van der Waals surface area contributed by atoms with Crippen LogP contribution in [0.4, 0.5) is 4.39 Å². The fourth-order valence-electron chi connectivity index (χ4n) is 4.04. The molecule has 29 heavy (non-hydrogen) atoms. The number of aromatic amines is 1. The predicted molar refractivity (Wildman–Crippen MR) is 110 cm³/mol. The van der Waals surface area contributed by atoms with Gasteiger partial charge in [-0.1, -0.05) is 11.8 Å². The first kappa shape index (κ1) is 18.3. The highest BCUT2D eigenvalue weighted by atomic mass is 32.2. The van der Waals surface area contributed by atoms with Crippen molar-refractivity contribution >= 4 is 16.9 Å². The van der Waals surface area contributed by atoms with E-state index in [-0.39, 0.29) is 17.8 Å². The summed E-state index contributed by atoms with van der Waals surface area (Å²) in [6.07, 6.45) is 6.54. The summed E-state index contributed by atoms with van der Waals surface area (Å²) >= 11 is 1.50. The standard InChI is InChI=1S/C20H19FN6OS/c1-11-14-9-29-19(22)27-20(14,10-28-11)13-6-12(2-3-15(13)21)16-8-25-18(26-16)17-7-23-4-5-24-17/h2-8,11,14H,9-10H2,1H3,(H2,22,27)(H,25,26)/t11-,14-,20-/m1/s1. The summed E-state index contributed by atoms with van der Waals surface area (Å²) in [6.45, 7) is 2.32. The number of halogens is 1. The van der Waals surface area contributed by atoms with Crippen LogP contribution >= 0.6 is 11.8 Å². The Hall–Kier alpha value is -2.78. The van der Waals surface area contributed by atoms with Gasteiger partial charge in [0.25, 0.3) is 0 Å². The molecule has 2 aromatic heterocycles. The second-order valence-electron chi connectivity index (χ2n) is 7.24. The van der Waals surface area contributed by atoms with Crippen molar-refractivity contribution in [2.45, 2.75) is 18.6 Å². The van der Waals surface area contributed by atoms with E-state index in [1.54, 1.807) is 30.9 Å². The van der Waals surface area contributed by atoms with Crippen LogP contribution in [0, 0.1) is 11.7 Å². The van der Waals surface area contributed by atoms with Gasteiger partial charge in [0.15, 0.2) is 11.0 Å². The average molecular weight is 410 g/mol. The number of nitrogens with two attached hydrogens (primary N) is 1. The minimum absolute atomic E-state index is 0.0159. The van der Waals surface area contributed by atoms with Crippen molar-refractivity contribution in [1.29, 1.82) is 0 Å². The van der Waals surface area contributed by atoms with Gasteiger partial charge >= 0.3 is 0 Å². The summed E-state index contributed by atoms with van der Waals surface area (Å²) in [4.78, 5) is 20.6. The van der Waals surface area contributed by atoms with Crippen LogP contribution in [0.15, 0.2) is 48.0 Å². The maximum absolute atomic E-state index is 15.0. The van der Waals surface area contributed by atoms with Crippen LogP contribution in [0.25, 0.3) is 22.8 Å². The van der Waals surface area contributed by atoms with Gasteiger partial charge in [-0.2, -0.15) is 0 Å². The molecule has 0 unspecified atom stereocenters. The van der Waals surface area contributed by atoms with Gasteiger partial charge in [-0.25, -0.2) is 19.4 Å². The Morgan fingerprint density at radius 3 is 3.00 bits per heavy atom. The Labute approximate surface area is 171 Å². The molecule has 3 N–H and O–H groups in total. The number of H-pyrrole nitrogens is 1. The van der Waals surface area contributed by atoms with Gasteiger partial charge in [0, 0.05) is 35.2 Å². The molecule has 0 radical (unpaired) electrons. The molecule has 5 rings (SSSR count). The topological polar surface area (TPSA) is 102 Å². The normalized spacial score (nSPS) is 26.2.